The Kier molecular flexibility index (Phi) is 8.20. The molecule has 150 valence electrons. The summed E-state index contributed by atoms with van der Waals surface area (Å²) in [6, 6.07) is 2.52. The number of carboxylic acid groups (broad SMARTS) is 1. The van der Waals surface area contributed by atoms with Gasteiger partial charge in [-0.25, -0.2) is 17.1 Å². The molecule has 0 N–H and O–H groups in total. The van der Waals surface area contributed by atoms with Gasteiger partial charge in [0.2, 0.25) is 0 Å². The van der Waals surface area contributed by atoms with Crippen LogP contribution in [0.4, 0.5) is 10.1 Å². The summed E-state index contributed by atoms with van der Waals surface area (Å²) in [5, 5.41) is 11.2. The van der Waals surface area contributed by atoms with Gasteiger partial charge in [-0.2, -0.15) is 0 Å². The molecule has 0 atom stereocenters. The van der Waals surface area contributed by atoms with E-state index in [4.69, 9.17) is 0 Å². The quantitative estimate of drug-likeness (QED) is 0.332. The van der Waals surface area contributed by atoms with Crippen molar-refractivity contribution >= 4 is 32.9 Å². The number of pyridine rings is 1. The molecule has 0 unspecified atom stereocenters. The molecular formula is C17H16FN3Na2O6S. The number of benzene rings is 1. The van der Waals surface area contributed by atoms with Crippen LogP contribution in [0.5, 0.6) is 0 Å². The van der Waals surface area contributed by atoms with E-state index in [-0.39, 0.29) is 102 Å². The fourth-order valence-corrected chi connectivity index (χ4v) is 4.16. The number of fused-ring (bicyclic) bond motifs is 1. The van der Waals surface area contributed by atoms with Crippen LogP contribution in [-0.4, -0.2) is 54.0 Å². The fourth-order valence-electron chi connectivity index (χ4n) is 3.55. The topological polar surface area (TPSA) is 126 Å². The molecule has 1 aromatic heterocycles. The predicted octanol–water partition coefficient (Wildman–Crippen LogP) is -6.57. The Hall–Kier alpha value is -0.500. The van der Waals surface area contributed by atoms with Crippen LogP contribution in [0.2, 0.25) is 0 Å². The Balaban J connectivity index is 0.00000160. The summed E-state index contributed by atoms with van der Waals surface area (Å²) in [7, 11) is -4.55. The molecular weight excluding hydrogens is 439 g/mol. The van der Waals surface area contributed by atoms with Gasteiger partial charge in [0.25, 0.3) is 0 Å². The van der Waals surface area contributed by atoms with Crippen LogP contribution in [0.3, 0.4) is 0 Å². The molecule has 4 rings (SSSR count). The van der Waals surface area contributed by atoms with E-state index in [2.05, 4.69) is 0 Å². The minimum atomic E-state index is -4.55. The number of nitrogens with zero attached hydrogens (tertiary/aromatic N) is 3. The Morgan fingerprint density at radius 3 is 2.20 bits per heavy atom. The van der Waals surface area contributed by atoms with E-state index in [9.17, 15) is 32.1 Å². The van der Waals surface area contributed by atoms with Crippen LogP contribution in [0.25, 0.3) is 10.9 Å². The van der Waals surface area contributed by atoms with E-state index in [1.165, 1.54) is 12.3 Å². The van der Waals surface area contributed by atoms with Crippen LogP contribution < -0.4 is 74.5 Å². The van der Waals surface area contributed by atoms with Crippen LogP contribution in [0, 0.1) is 5.82 Å². The minimum absolute atomic E-state index is 0. The van der Waals surface area contributed by atoms with Crippen molar-refractivity contribution in [2.24, 2.45) is 0 Å². The van der Waals surface area contributed by atoms with E-state index in [1.807, 2.05) is 0 Å². The van der Waals surface area contributed by atoms with E-state index >= 15 is 0 Å². The Labute approximate surface area is 216 Å². The second kappa shape index (κ2) is 9.55. The summed E-state index contributed by atoms with van der Waals surface area (Å²) >= 11 is 0. The third-order valence-electron chi connectivity index (χ3n) is 5.16. The van der Waals surface area contributed by atoms with Crippen molar-refractivity contribution in [3.8, 4) is 0 Å². The molecule has 1 aliphatic heterocycles. The molecule has 0 radical (unpaired) electrons. The second-order valence-electron chi connectivity index (χ2n) is 6.96. The number of hydrogen-bond acceptors (Lipinski definition) is 7. The summed E-state index contributed by atoms with van der Waals surface area (Å²) in [5.74, 6) is -2.33. The molecule has 2 aliphatic rings. The number of aromatic carboxylic acids is 1. The van der Waals surface area contributed by atoms with E-state index in [0.29, 0.717) is 5.52 Å². The molecule has 0 bridgehead atoms. The Bertz CT molecular complexity index is 1140. The number of anilines is 1. The van der Waals surface area contributed by atoms with Gasteiger partial charge < -0.3 is 23.9 Å². The number of hydrogen-bond donors (Lipinski definition) is 0. The van der Waals surface area contributed by atoms with E-state index in [0.717, 1.165) is 23.2 Å². The largest absolute Gasteiger partial charge is 1.00 e. The van der Waals surface area contributed by atoms with Crippen molar-refractivity contribution in [3.63, 3.8) is 0 Å². The summed E-state index contributed by atoms with van der Waals surface area (Å²) in [4.78, 5) is 25.3. The predicted molar refractivity (Wildman–Crippen MR) is 94.3 cm³/mol. The summed E-state index contributed by atoms with van der Waals surface area (Å²) in [6.07, 6.45) is 2.87. The van der Waals surface area contributed by atoms with Gasteiger partial charge in [0.05, 0.1) is 22.7 Å². The first-order valence-electron chi connectivity index (χ1n) is 8.72. The first-order chi connectivity index (χ1) is 13.2. The summed E-state index contributed by atoms with van der Waals surface area (Å²) in [5.41, 5.74) is -0.737. The average Bonchev–Trinajstić information content (AvgIpc) is 3.46. The van der Waals surface area contributed by atoms with Crippen molar-refractivity contribution < 1.29 is 86.4 Å². The van der Waals surface area contributed by atoms with Crippen LogP contribution >= 0.6 is 0 Å². The summed E-state index contributed by atoms with van der Waals surface area (Å²) < 4.78 is 50.5. The van der Waals surface area contributed by atoms with Crippen molar-refractivity contribution in [1.82, 2.24) is 8.87 Å². The first kappa shape index (κ1) is 25.8. The molecule has 1 aliphatic carbocycles. The van der Waals surface area contributed by atoms with Gasteiger partial charge in [-0.3, -0.25) is 4.79 Å². The van der Waals surface area contributed by atoms with Gasteiger partial charge in [0.15, 0.2) is 15.7 Å². The zero-order chi connectivity index (χ0) is 20.2. The molecule has 1 saturated heterocycles. The molecule has 30 heavy (non-hydrogen) atoms. The van der Waals surface area contributed by atoms with Gasteiger partial charge in [-0.05, 0) is 25.0 Å². The maximum atomic E-state index is 14.7. The smallest absolute Gasteiger partial charge is 0.735 e. The zero-order valence-electron chi connectivity index (χ0n) is 16.6. The number of carboxylic acids is 1. The molecule has 2 aromatic rings. The number of carbonyl (C=O) groups excluding carboxylic acids is 1. The van der Waals surface area contributed by atoms with Crippen LogP contribution in [-0.2, 0) is 10.3 Å². The summed E-state index contributed by atoms with van der Waals surface area (Å²) in [6.45, 7) is 0.105. The van der Waals surface area contributed by atoms with Gasteiger partial charge in [0, 0.05) is 43.8 Å². The van der Waals surface area contributed by atoms with E-state index < -0.39 is 33.1 Å². The van der Waals surface area contributed by atoms with Crippen LogP contribution in [0.15, 0.2) is 23.1 Å². The molecule has 2 fully saturated rings. The van der Waals surface area contributed by atoms with Gasteiger partial charge in [-0.1, -0.05) is 0 Å². The SMILES string of the molecule is O=C([O-])c1cn(C2CC2)c2cc(N3CCN(S(=O)(=O)[O-])CC3)c(F)cc2c1=O.[Na+].[Na+]. The average molecular weight is 455 g/mol. The van der Waals surface area contributed by atoms with Crippen LogP contribution in [0.1, 0.15) is 29.2 Å². The minimum Gasteiger partial charge on any atom is -0.735 e. The molecule has 1 saturated carbocycles. The van der Waals surface area contributed by atoms with Gasteiger partial charge in [0.1, 0.15) is 5.82 Å². The third kappa shape index (κ3) is 4.94. The standard InChI is InChI=1S/C17H18FN3O6S.2Na/c18-13-7-11-14(21(10-1-2-10)9-12(16(11)22)17(23)24)8-15(13)19-3-5-20(6-4-19)28(25,26)27;;/h7-10H,1-6H2,(H,23,24)(H,25,26,27);;/q;2*+1/p-2. The second-order valence-corrected chi connectivity index (χ2v) is 8.33. The number of carbonyl (C=O) groups is 1. The monoisotopic (exact) mass is 455 g/mol. The number of aromatic nitrogens is 1. The fraction of sp³-hybridized carbons (Fsp3) is 0.412. The normalized spacial score (nSPS) is 17.3. The number of rotatable bonds is 4. The first-order valence-corrected chi connectivity index (χ1v) is 10.1. The van der Waals surface area contributed by atoms with Crippen molar-refractivity contribution in [2.45, 2.75) is 18.9 Å². The Morgan fingerprint density at radius 2 is 1.70 bits per heavy atom. The molecule has 13 heteroatoms. The molecule has 0 spiro atoms. The number of piperazine rings is 1. The maximum absolute atomic E-state index is 14.7. The van der Waals surface area contributed by atoms with E-state index in [1.54, 1.807) is 9.47 Å². The van der Waals surface area contributed by atoms with Crippen molar-refractivity contribution in [3.05, 3.63) is 39.9 Å². The maximum Gasteiger partial charge on any atom is 1.00 e. The van der Waals surface area contributed by atoms with Gasteiger partial charge in [-0.15, -0.1) is 0 Å². The molecule has 1 aromatic carbocycles. The number of halogens is 1. The molecule has 2 heterocycles. The van der Waals surface area contributed by atoms with Gasteiger partial charge >= 0.3 is 59.1 Å². The van der Waals surface area contributed by atoms with Crippen molar-refractivity contribution in [1.29, 1.82) is 0 Å². The Morgan fingerprint density at radius 1 is 1.10 bits per heavy atom. The molecule has 9 nitrogen and oxygen atoms in total. The third-order valence-corrected chi connectivity index (χ3v) is 6.15. The van der Waals surface area contributed by atoms with Crippen molar-refractivity contribution in [2.75, 3.05) is 31.1 Å². The molecule has 0 amide bonds. The zero-order valence-corrected chi connectivity index (χ0v) is 21.4.